The van der Waals surface area contributed by atoms with Crippen LogP contribution in [-0.4, -0.2) is 5.11 Å². The summed E-state index contributed by atoms with van der Waals surface area (Å²) in [6.07, 6.45) is 7.40. The van der Waals surface area contributed by atoms with E-state index in [4.69, 9.17) is 6.42 Å². The average molecular weight is 237 g/mol. The maximum atomic E-state index is 9.67. The summed E-state index contributed by atoms with van der Waals surface area (Å²) in [5, 5.41) is 9.67. The minimum atomic E-state index is -0.176. The molecule has 0 radical (unpaired) electrons. The van der Waals surface area contributed by atoms with Gasteiger partial charge >= 0.3 is 0 Å². The Hall–Kier alpha value is -0.940. The van der Waals surface area contributed by atoms with E-state index in [0.29, 0.717) is 5.75 Å². The first-order valence-electron chi connectivity index (χ1n) is 4.15. The van der Waals surface area contributed by atoms with Crippen molar-refractivity contribution in [3.8, 4) is 18.1 Å². The Kier molecular flexibility index (Phi) is 1.85. The SMILES string of the molecule is C#CC1(c2ccc(Br)cc2O)CC1. The molecule has 66 valence electrons. The number of phenols is 1. The maximum Gasteiger partial charge on any atom is 0.121 e. The Morgan fingerprint density at radius 2 is 2.15 bits per heavy atom. The van der Waals surface area contributed by atoms with Crippen LogP contribution in [0.2, 0.25) is 0 Å². The molecule has 2 rings (SSSR count). The first-order chi connectivity index (χ1) is 6.18. The fraction of sp³-hybridized carbons (Fsp3) is 0.273. The zero-order valence-corrected chi connectivity index (χ0v) is 8.63. The van der Waals surface area contributed by atoms with Crippen molar-refractivity contribution in [2.24, 2.45) is 0 Å². The van der Waals surface area contributed by atoms with Crippen molar-refractivity contribution in [2.45, 2.75) is 18.3 Å². The fourth-order valence-electron chi connectivity index (χ4n) is 1.53. The van der Waals surface area contributed by atoms with E-state index in [1.807, 2.05) is 12.1 Å². The van der Waals surface area contributed by atoms with Gasteiger partial charge in [0.25, 0.3) is 0 Å². The van der Waals surface area contributed by atoms with Gasteiger partial charge in [0.2, 0.25) is 0 Å². The third-order valence-electron chi connectivity index (χ3n) is 2.50. The number of hydrogen-bond acceptors (Lipinski definition) is 1. The van der Waals surface area contributed by atoms with E-state index < -0.39 is 0 Å². The Bertz CT molecular complexity index is 386. The second-order valence-corrected chi connectivity index (χ2v) is 4.30. The van der Waals surface area contributed by atoms with E-state index in [1.165, 1.54) is 0 Å². The molecule has 0 aromatic heterocycles. The lowest BCUT2D eigenvalue weighted by Gasteiger charge is -2.10. The van der Waals surface area contributed by atoms with Gasteiger partial charge in [0.05, 0.1) is 5.41 Å². The van der Waals surface area contributed by atoms with Gasteiger partial charge < -0.3 is 5.11 Å². The van der Waals surface area contributed by atoms with Crippen molar-refractivity contribution < 1.29 is 5.11 Å². The van der Waals surface area contributed by atoms with Gasteiger partial charge in [0.15, 0.2) is 0 Å². The molecule has 0 amide bonds. The Morgan fingerprint density at radius 3 is 2.62 bits per heavy atom. The zero-order valence-electron chi connectivity index (χ0n) is 7.05. The lowest BCUT2D eigenvalue weighted by molar-refractivity contribution is 0.464. The molecule has 1 aromatic rings. The van der Waals surface area contributed by atoms with E-state index in [9.17, 15) is 5.11 Å². The van der Waals surface area contributed by atoms with Crippen molar-refractivity contribution in [2.75, 3.05) is 0 Å². The second kappa shape index (κ2) is 2.78. The predicted octanol–water partition coefficient (Wildman–Crippen LogP) is 2.82. The Labute approximate surface area is 85.9 Å². The van der Waals surface area contributed by atoms with Crippen LogP contribution in [-0.2, 0) is 5.41 Å². The predicted molar refractivity (Wildman–Crippen MR) is 55.6 cm³/mol. The molecule has 0 atom stereocenters. The minimum Gasteiger partial charge on any atom is -0.508 e. The number of hydrogen-bond donors (Lipinski definition) is 1. The number of phenolic OH excluding ortho intramolecular Hbond substituents is 1. The lowest BCUT2D eigenvalue weighted by Crippen LogP contribution is -2.02. The summed E-state index contributed by atoms with van der Waals surface area (Å²) in [5.41, 5.74) is 0.711. The van der Waals surface area contributed by atoms with Crippen LogP contribution in [0.1, 0.15) is 18.4 Å². The van der Waals surface area contributed by atoms with E-state index >= 15 is 0 Å². The highest BCUT2D eigenvalue weighted by Gasteiger charge is 2.44. The summed E-state index contributed by atoms with van der Waals surface area (Å²) in [7, 11) is 0. The Morgan fingerprint density at radius 1 is 1.46 bits per heavy atom. The van der Waals surface area contributed by atoms with Crippen molar-refractivity contribution in [3.63, 3.8) is 0 Å². The van der Waals surface area contributed by atoms with Crippen LogP contribution in [0.5, 0.6) is 5.75 Å². The number of aromatic hydroxyl groups is 1. The molecule has 1 N–H and O–H groups in total. The lowest BCUT2D eigenvalue weighted by atomic mass is 9.96. The van der Waals surface area contributed by atoms with Crippen molar-refractivity contribution in [1.29, 1.82) is 0 Å². The van der Waals surface area contributed by atoms with Crippen LogP contribution in [0, 0.1) is 12.3 Å². The quantitative estimate of drug-likeness (QED) is 0.744. The van der Waals surface area contributed by atoms with E-state index in [2.05, 4.69) is 21.9 Å². The fourth-order valence-corrected chi connectivity index (χ4v) is 1.87. The summed E-state index contributed by atoms with van der Waals surface area (Å²) in [4.78, 5) is 0. The molecule has 0 bridgehead atoms. The molecule has 1 saturated carbocycles. The first kappa shape index (κ1) is 8.65. The normalized spacial score (nSPS) is 17.8. The molecule has 2 heteroatoms. The topological polar surface area (TPSA) is 20.2 Å². The van der Waals surface area contributed by atoms with Gasteiger partial charge in [0.1, 0.15) is 5.75 Å². The molecular formula is C11H9BrO. The third-order valence-corrected chi connectivity index (χ3v) is 2.99. The summed E-state index contributed by atoms with van der Waals surface area (Å²) in [5.74, 6) is 3.05. The van der Waals surface area contributed by atoms with Gasteiger partial charge in [-0.15, -0.1) is 6.42 Å². The molecular weight excluding hydrogens is 228 g/mol. The van der Waals surface area contributed by atoms with E-state index in [0.717, 1.165) is 22.9 Å². The second-order valence-electron chi connectivity index (χ2n) is 3.39. The van der Waals surface area contributed by atoms with Gasteiger partial charge in [-0.2, -0.15) is 0 Å². The van der Waals surface area contributed by atoms with Gasteiger partial charge in [0, 0.05) is 10.0 Å². The number of benzene rings is 1. The molecule has 1 aliphatic carbocycles. The molecule has 0 heterocycles. The molecule has 13 heavy (non-hydrogen) atoms. The van der Waals surface area contributed by atoms with Gasteiger partial charge in [-0.1, -0.05) is 27.9 Å². The van der Waals surface area contributed by atoms with Crippen LogP contribution in [0.3, 0.4) is 0 Å². The molecule has 0 spiro atoms. The standard InChI is InChI=1S/C11H9BrO/c1-2-11(5-6-11)9-4-3-8(12)7-10(9)13/h1,3-4,7,13H,5-6H2. The van der Waals surface area contributed by atoms with Gasteiger partial charge in [-0.3, -0.25) is 0 Å². The van der Waals surface area contributed by atoms with E-state index in [1.54, 1.807) is 6.07 Å². The molecule has 1 aromatic carbocycles. The molecule has 0 aliphatic heterocycles. The number of terminal acetylenes is 1. The molecule has 1 nitrogen and oxygen atoms in total. The van der Waals surface area contributed by atoms with Crippen molar-refractivity contribution in [3.05, 3.63) is 28.2 Å². The zero-order chi connectivity index (χ0) is 9.47. The molecule has 1 fully saturated rings. The summed E-state index contributed by atoms with van der Waals surface area (Å²) in [6.45, 7) is 0. The van der Waals surface area contributed by atoms with E-state index in [-0.39, 0.29) is 5.41 Å². The van der Waals surface area contributed by atoms with Crippen LogP contribution >= 0.6 is 15.9 Å². The highest BCUT2D eigenvalue weighted by Crippen LogP contribution is 2.50. The van der Waals surface area contributed by atoms with Crippen molar-refractivity contribution >= 4 is 15.9 Å². The van der Waals surface area contributed by atoms with Crippen LogP contribution < -0.4 is 0 Å². The van der Waals surface area contributed by atoms with Crippen molar-refractivity contribution in [1.82, 2.24) is 0 Å². The first-order valence-corrected chi connectivity index (χ1v) is 4.94. The summed E-state index contributed by atoms with van der Waals surface area (Å²) >= 11 is 3.29. The highest BCUT2D eigenvalue weighted by molar-refractivity contribution is 9.10. The van der Waals surface area contributed by atoms with Crippen LogP contribution in [0.15, 0.2) is 22.7 Å². The Balaban J connectivity index is 2.48. The molecule has 0 unspecified atom stereocenters. The van der Waals surface area contributed by atoms with Gasteiger partial charge in [-0.25, -0.2) is 0 Å². The minimum absolute atomic E-state index is 0.176. The summed E-state index contributed by atoms with van der Waals surface area (Å²) < 4.78 is 0.876. The van der Waals surface area contributed by atoms with Gasteiger partial charge in [-0.05, 0) is 25.0 Å². The maximum absolute atomic E-state index is 9.67. The monoisotopic (exact) mass is 236 g/mol. The third kappa shape index (κ3) is 1.34. The number of halogens is 1. The van der Waals surface area contributed by atoms with Crippen LogP contribution in [0.25, 0.3) is 0 Å². The largest absolute Gasteiger partial charge is 0.508 e. The highest BCUT2D eigenvalue weighted by atomic mass is 79.9. The average Bonchev–Trinajstić information content (AvgIpc) is 2.85. The summed E-state index contributed by atoms with van der Waals surface area (Å²) in [6, 6.07) is 5.49. The molecule has 1 aliphatic rings. The van der Waals surface area contributed by atoms with Crippen LogP contribution in [0.4, 0.5) is 0 Å². The number of rotatable bonds is 1. The molecule has 0 saturated heterocycles. The smallest absolute Gasteiger partial charge is 0.121 e.